The smallest absolute Gasteiger partial charge is 0.151 e. The van der Waals surface area contributed by atoms with Crippen LogP contribution in [0.2, 0.25) is 0 Å². The van der Waals surface area contributed by atoms with Crippen molar-refractivity contribution in [1.82, 2.24) is 9.55 Å². The number of aromatic nitrogens is 2. The van der Waals surface area contributed by atoms with Gasteiger partial charge in [0.15, 0.2) is 5.82 Å². The van der Waals surface area contributed by atoms with E-state index in [0.717, 1.165) is 21.2 Å². The Hall–Kier alpha value is -1.39. The number of hydrogen-bond acceptors (Lipinski definition) is 1. The minimum Gasteiger partial charge on any atom is -0.295 e. The van der Waals surface area contributed by atoms with Crippen molar-refractivity contribution in [3.05, 3.63) is 58.1 Å². The van der Waals surface area contributed by atoms with Crippen LogP contribution in [0.1, 0.15) is 23.7 Å². The zero-order chi connectivity index (χ0) is 15.1. The van der Waals surface area contributed by atoms with Gasteiger partial charge in [-0.15, -0.1) is 11.6 Å². The van der Waals surface area contributed by atoms with Gasteiger partial charge in [0.1, 0.15) is 11.3 Å². The Morgan fingerprint density at radius 2 is 2.05 bits per heavy atom. The van der Waals surface area contributed by atoms with E-state index in [9.17, 15) is 4.39 Å². The summed E-state index contributed by atoms with van der Waals surface area (Å²) in [7, 11) is 0. The molecule has 0 fully saturated rings. The van der Waals surface area contributed by atoms with Crippen molar-refractivity contribution >= 4 is 38.6 Å². The fourth-order valence-corrected chi connectivity index (χ4v) is 2.78. The molecule has 0 aliphatic heterocycles. The monoisotopic (exact) mass is 366 g/mol. The lowest BCUT2D eigenvalue weighted by atomic mass is 10.2. The van der Waals surface area contributed by atoms with Gasteiger partial charge in [0, 0.05) is 10.2 Å². The first kappa shape index (κ1) is 14.5. The van der Waals surface area contributed by atoms with Gasteiger partial charge in [-0.25, -0.2) is 9.37 Å². The minimum absolute atomic E-state index is 0.319. The summed E-state index contributed by atoms with van der Waals surface area (Å²) in [6.45, 7) is 3.85. The Balaban J connectivity index is 2.36. The van der Waals surface area contributed by atoms with E-state index in [2.05, 4.69) is 20.9 Å². The summed E-state index contributed by atoms with van der Waals surface area (Å²) in [6.07, 6.45) is 0. The van der Waals surface area contributed by atoms with Gasteiger partial charge in [0.05, 0.1) is 10.9 Å². The standard InChI is InChI=1S/C16H13BrClFN2/c1-9-8-11(6-7-12(9)17)21-14-5-3-4-13(19)15(14)20-16(21)10(2)18/h3-8,10H,1-2H3. The number of imidazole rings is 1. The van der Waals surface area contributed by atoms with Crippen LogP contribution in [0.4, 0.5) is 4.39 Å². The maximum Gasteiger partial charge on any atom is 0.151 e. The van der Waals surface area contributed by atoms with E-state index >= 15 is 0 Å². The van der Waals surface area contributed by atoms with Gasteiger partial charge in [-0.2, -0.15) is 0 Å². The summed E-state index contributed by atoms with van der Waals surface area (Å²) in [5.41, 5.74) is 3.09. The number of fused-ring (bicyclic) bond motifs is 1. The number of rotatable bonds is 2. The van der Waals surface area contributed by atoms with Crippen molar-refractivity contribution in [3.63, 3.8) is 0 Å². The van der Waals surface area contributed by atoms with Crippen LogP contribution >= 0.6 is 27.5 Å². The number of halogens is 3. The molecule has 1 atom stereocenters. The molecule has 21 heavy (non-hydrogen) atoms. The van der Waals surface area contributed by atoms with Gasteiger partial charge in [0.2, 0.25) is 0 Å². The Labute approximate surface area is 135 Å². The average molecular weight is 368 g/mol. The maximum absolute atomic E-state index is 14.0. The highest BCUT2D eigenvalue weighted by Crippen LogP contribution is 2.30. The average Bonchev–Trinajstić information content (AvgIpc) is 2.83. The largest absolute Gasteiger partial charge is 0.295 e. The van der Waals surface area contributed by atoms with Gasteiger partial charge < -0.3 is 0 Å². The first-order chi connectivity index (χ1) is 9.99. The summed E-state index contributed by atoms with van der Waals surface area (Å²) in [6, 6.07) is 10.9. The molecular weight excluding hydrogens is 355 g/mol. The predicted molar refractivity (Wildman–Crippen MR) is 87.7 cm³/mol. The second-order valence-corrected chi connectivity index (χ2v) is 6.47. The SMILES string of the molecule is Cc1cc(-n2c(C(C)Cl)nc3c(F)cccc32)ccc1Br. The highest BCUT2D eigenvalue weighted by atomic mass is 79.9. The van der Waals surface area contributed by atoms with Gasteiger partial charge >= 0.3 is 0 Å². The summed E-state index contributed by atoms with van der Waals surface area (Å²) in [4.78, 5) is 4.38. The van der Waals surface area contributed by atoms with Crippen molar-refractivity contribution in [3.8, 4) is 5.69 Å². The molecule has 0 amide bonds. The van der Waals surface area contributed by atoms with Crippen LogP contribution in [-0.2, 0) is 0 Å². The number of para-hydroxylation sites is 1. The summed E-state index contributed by atoms with van der Waals surface area (Å²) in [5.74, 6) is 0.303. The highest BCUT2D eigenvalue weighted by Gasteiger charge is 2.18. The van der Waals surface area contributed by atoms with Crippen molar-refractivity contribution in [2.75, 3.05) is 0 Å². The van der Waals surface area contributed by atoms with E-state index in [1.54, 1.807) is 6.07 Å². The minimum atomic E-state index is -0.335. The Morgan fingerprint density at radius 1 is 1.29 bits per heavy atom. The van der Waals surface area contributed by atoms with E-state index in [1.807, 2.05) is 42.7 Å². The number of hydrogen-bond donors (Lipinski definition) is 0. The number of benzene rings is 2. The lowest BCUT2D eigenvalue weighted by Gasteiger charge is -2.12. The van der Waals surface area contributed by atoms with Gasteiger partial charge in [-0.1, -0.05) is 22.0 Å². The zero-order valence-electron chi connectivity index (χ0n) is 11.6. The first-order valence-electron chi connectivity index (χ1n) is 6.56. The van der Waals surface area contributed by atoms with E-state index in [-0.39, 0.29) is 11.2 Å². The third-order valence-corrected chi connectivity index (χ3v) is 4.50. The molecule has 0 bridgehead atoms. The molecule has 0 saturated heterocycles. The Bertz CT molecular complexity index is 827. The van der Waals surface area contributed by atoms with Gasteiger partial charge in [-0.05, 0) is 49.7 Å². The van der Waals surface area contributed by atoms with Crippen molar-refractivity contribution in [2.45, 2.75) is 19.2 Å². The van der Waals surface area contributed by atoms with Crippen LogP contribution in [0, 0.1) is 12.7 Å². The molecule has 0 saturated carbocycles. The molecule has 1 heterocycles. The summed E-state index contributed by atoms with van der Waals surface area (Å²) < 4.78 is 16.9. The third kappa shape index (κ3) is 2.47. The molecule has 0 spiro atoms. The molecular formula is C16H13BrClFN2. The van der Waals surface area contributed by atoms with Crippen LogP contribution in [0.15, 0.2) is 40.9 Å². The molecule has 0 aliphatic rings. The fraction of sp³-hybridized carbons (Fsp3) is 0.188. The number of aryl methyl sites for hydroxylation is 1. The summed E-state index contributed by atoms with van der Waals surface area (Å²) in [5, 5.41) is -0.319. The van der Waals surface area contributed by atoms with Crippen LogP contribution in [0.5, 0.6) is 0 Å². The van der Waals surface area contributed by atoms with Crippen molar-refractivity contribution in [2.24, 2.45) is 0 Å². The molecule has 1 unspecified atom stereocenters. The van der Waals surface area contributed by atoms with E-state index < -0.39 is 0 Å². The van der Waals surface area contributed by atoms with Crippen LogP contribution in [0.3, 0.4) is 0 Å². The predicted octanol–water partition coefficient (Wildman–Crippen LogP) is 5.54. The van der Waals surface area contributed by atoms with Crippen molar-refractivity contribution < 1.29 is 4.39 Å². The molecule has 0 radical (unpaired) electrons. The lowest BCUT2D eigenvalue weighted by molar-refractivity contribution is 0.637. The van der Waals surface area contributed by atoms with E-state index in [4.69, 9.17) is 11.6 Å². The molecule has 3 aromatic rings. The normalized spacial score (nSPS) is 12.8. The molecule has 0 N–H and O–H groups in total. The third-order valence-electron chi connectivity index (χ3n) is 3.42. The number of nitrogens with zero attached hydrogens (tertiary/aromatic N) is 2. The zero-order valence-corrected chi connectivity index (χ0v) is 13.9. The Kier molecular flexibility index (Phi) is 3.76. The Morgan fingerprint density at radius 3 is 2.71 bits per heavy atom. The molecule has 2 nitrogen and oxygen atoms in total. The fourth-order valence-electron chi connectivity index (χ4n) is 2.39. The van der Waals surface area contributed by atoms with Crippen LogP contribution in [0.25, 0.3) is 16.7 Å². The molecule has 5 heteroatoms. The maximum atomic E-state index is 14.0. The number of alkyl halides is 1. The van der Waals surface area contributed by atoms with Gasteiger partial charge in [-0.3, -0.25) is 4.57 Å². The summed E-state index contributed by atoms with van der Waals surface area (Å²) >= 11 is 9.73. The molecule has 0 aliphatic carbocycles. The highest BCUT2D eigenvalue weighted by molar-refractivity contribution is 9.10. The van der Waals surface area contributed by atoms with Crippen LogP contribution in [-0.4, -0.2) is 9.55 Å². The topological polar surface area (TPSA) is 17.8 Å². The lowest BCUT2D eigenvalue weighted by Crippen LogP contribution is -2.02. The molecule has 1 aromatic heterocycles. The second kappa shape index (κ2) is 5.43. The molecule has 3 rings (SSSR count). The van der Waals surface area contributed by atoms with Crippen LogP contribution < -0.4 is 0 Å². The molecule has 108 valence electrons. The van der Waals surface area contributed by atoms with E-state index in [0.29, 0.717) is 11.3 Å². The van der Waals surface area contributed by atoms with Gasteiger partial charge in [0.25, 0.3) is 0 Å². The van der Waals surface area contributed by atoms with Crippen molar-refractivity contribution in [1.29, 1.82) is 0 Å². The second-order valence-electron chi connectivity index (χ2n) is 4.96. The quantitative estimate of drug-likeness (QED) is 0.544. The first-order valence-corrected chi connectivity index (χ1v) is 7.79. The molecule has 2 aromatic carbocycles. The van der Waals surface area contributed by atoms with E-state index in [1.165, 1.54) is 6.07 Å².